The highest BCUT2D eigenvalue weighted by Crippen LogP contribution is 2.18. The summed E-state index contributed by atoms with van der Waals surface area (Å²) in [4.78, 5) is 24.6. The van der Waals surface area contributed by atoms with Gasteiger partial charge in [-0.3, -0.25) is 4.79 Å². The van der Waals surface area contributed by atoms with E-state index in [0.29, 0.717) is 6.04 Å². The van der Waals surface area contributed by atoms with Gasteiger partial charge in [-0.1, -0.05) is 0 Å². The van der Waals surface area contributed by atoms with Crippen LogP contribution in [0.1, 0.15) is 39.0 Å². The molecule has 0 atom stereocenters. The fourth-order valence-electron chi connectivity index (χ4n) is 2.30. The first kappa shape index (κ1) is 12.2. The Bertz CT molecular complexity index is 294. The van der Waals surface area contributed by atoms with Crippen LogP contribution in [0.4, 0.5) is 4.79 Å². The Morgan fingerprint density at radius 2 is 1.53 bits per heavy atom. The summed E-state index contributed by atoms with van der Waals surface area (Å²) in [6.45, 7) is 3.10. The van der Waals surface area contributed by atoms with Gasteiger partial charge in [0, 0.05) is 32.1 Å². The van der Waals surface area contributed by atoms with Gasteiger partial charge in [-0.2, -0.15) is 0 Å². The smallest absolute Gasteiger partial charge is 0.315 e. The second-order valence-electron chi connectivity index (χ2n) is 5.03. The summed E-state index contributed by atoms with van der Waals surface area (Å²) >= 11 is 0. The molecule has 1 aliphatic carbocycles. The van der Waals surface area contributed by atoms with E-state index in [1.54, 1.807) is 6.92 Å². The van der Waals surface area contributed by atoms with Gasteiger partial charge in [0.05, 0.1) is 0 Å². The van der Waals surface area contributed by atoms with Crippen LogP contribution in [-0.2, 0) is 4.79 Å². The van der Waals surface area contributed by atoms with Crippen molar-refractivity contribution < 1.29 is 9.59 Å². The standard InChI is InChI=1S/C12H21N3O2/c1-9(16)15-7-5-11(6-8-15)14-12(17)13-10-3-2-4-10/h10-11H,2-8H2,1H3,(H2,13,14,17). The Morgan fingerprint density at radius 1 is 1.00 bits per heavy atom. The van der Waals surface area contributed by atoms with Crippen molar-refractivity contribution in [2.24, 2.45) is 0 Å². The van der Waals surface area contributed by atoms with Crippen LogP contribution in [-0.4, -0.2) is 42.0 Å². The van der Waals surface area contributed by atoms with Gasteiger partial charge in [0.2, 0.25) is 5.91 Å². The molecule has 1 heterocycles. The maximum atomic E-state index is 11.6. The van der Waals surface area contributed by atoms with Gasteiger partial charge in [-0.25, -0.2) is 4.79 Å². The summed E-state index contributed by atoms with van der Waals surface area (Å²) in [7, 11) is 0. The van der Waals surface area contributed by atoms with E-state index in [1.165, 1.54) is 6.42 Å². The third-order valence-corrected chi connectivity index (χ3v) is 3.72. The lowest BCUT2D eigenvalue weighted by molar-refractivity contribution is -0.129. The number of likely N-dealkylation sites (tertiary alicyclic amines) is 1. The molecule has 2 N–H and O–H groups in total. The molecule has 3 amide bonds. The van der Waals surface area contributed by atoms with E-state index in [4.69, 9.17) is 0 Å². The number of nitrogens with one attached hydrogen (secondary N) is 2. The quantitative estimate of drug-likeness (QED) is 0.750. The van der Waals surface area contributed by atoms with E-state index in [9.17, 15) is 9.59 Å². The molecule has 96 valence electrons. The van der Waals surface area contributed by atoms with E-state index >= 15 is 0 Å². The van der Waals surface area contributed by atoms with E-state index in [0.717, 1.165) is 38.8 Å². The van der Waals surface area contributed by atoms with Crippen LogP contribution in [0.3, 0.4) is 0 Å². The molecule has 0 spiro atoms. The van der Waals surface area contributed by atoms with Crippen molar-refractivity contribution in [1.82, 2.24) is 15.5 Å². The molecule has 1 aliphatic heterocycles. The minimum absolute atomic E-state index is 0.0454. The highest BCUT2D eigenvalue weighted by Gasteiger charge is 2.24. The zero-order valence-corrected chi connectivity index (χ0v) is 10.4. The Labute approximate surface area is 102 Å². The van der Waals surface area contributed by atoms with Crippen molar-refractivity contribution in [1.29, 1.82) is 0 Å². The molecule has 0 radical (unpaired) electrons. The Kier molecular flexibility index (Phi) is 3.86. The predicted molar refractivity (Wildman–Crippen MR) is 64.6 cm³/mol. The third kappa shape index (κ3) is 3.35. The van der Waals surface area contributed by atoms with Gasteiger partial charge < -0.3 is 15.5 Å². The molecule has 17 heavy (non-hydrogen) atoms. The van der Waals surface area contributed by atoms with Crippen LogP contribution in [0.25, 0.3) is 0 Å². The number of piperidine rings is 1. The fraction of sp³-hybridized carbons (Fsp3) is 0.833. The number of hydrogen-bond donors (Lipinski definition) is 2. The number of carbonyl (C=O) groups excluding carboxylic acids is 2. The third-order valence-electron chi connectivity index (χ3n) is 3.72. The van der Waals surface area contributed by atoms with Gasteiger partial charge in [0.1, 0.15) is 0 Å². The molecule has 2 aliphatic rings. The molecular formula is C12H21N3O2. The first-order valence-electron chi connectivity index (χ1n) is 6.47. The number of carbonyl (C=O) groups is 2. The molecule has 5 nitrogen and oxygen atoms in total. The predicted octanol–water partition coefficient (Wildman–Crippen LogP) is 0.849. The number of urea groups is 1. The number of amides is 3. The molecule has 0 bridgehead atoms. The second kappa shape index (κ2) is 5.38. The average molecular weight is 239 g/mol. The Hall–Kier alpha value is -1.26. The summed E-state index contributed by atoms with van der Waals surface area (Å²) in [6.07, 6.45) is 5.16. The summed E-state index contributed by atoms with van der Waals surface area (Å²) in [5, 5.41) is 5.96. The monoisotopic (exact) mass is 239 g/mol. The van der Waals surface area contributed by atoms with Crippen LogP contribution >= 0.6 is 0 Å². The number of nitrogens with zero attached hydrogens (tertiary/aromatic N) is 1. The maximum absolute atomic E-state index is 11.6. The molecule has 0 unspecified atom stereocenters. The number of rotatable bonds is 2. The van der Waals surface area contributed by atoms with Crippen molar-refractivity contribution in [2.75, 3.05) is 13.1 Å². The molecule has 0 aromatic carbocycles. The van der Waals surface area contributed by atoms with Crippen molar-refractivity contribution in [3.8, 4) is 0 Å². The summed E-state index contributed by atoms with van der Waals surface area (Å²) < 4.78 is 0. The van der Waals surface area contributed by atoms with Gasteiger partial charge in [0.25, 0.3) is 0 Å². The van der Waals surface area contributed by atoms with Crippen molar-refractivity contribution in [3.05, 3.63) is 0 Å². The van der Waals surface area contributed by atoms with Crippen LogP contribution in [0.15, 0.2) is 0 Å². The van der Waals surface area contributed by atoms with Crippen LogP contribution in [0.5, 0.6) is 0 Å². The summed E-state index contributed by atoms with van der Waals surface area (Å²) in [5.41, 5.74) is 0. The lowest BCUT2D eigenvalue weighted by atomic mass is 9.93. The summed E-state index contributed by atoms with van der Waals surface area (Å²) in [6, 6.07) is 0.550. The van der Waals surface area contributed by atoms with Crippen LogP contribution in [0.2, 0.25) is 0 Å². The first-order valence-corrected chi connectivity index (χ1v) is 6.47. The number of hydrogen-bond acceptors (Lipinski definition) is 2. The van der Waals surface area contributed by atoms with Crippen molar-refractivity contribution >= 4 is 11.9 Å². The Morgan fingerprint density at radius 3 is 1.94 bits per heavy atom. The molecule has 1 saturated carbocycles. The lowest BCUT2D eigenvalue weighted by Gasteiger charge is -2.33. The highest BCUT2D eigenvalue weighted by molar-refractivity contribution is 5.75. The Balaban J connectivity index is 1.66. The molecule has 0 aromatic rings. The fourth-order valence-corrected chi connectivity index (χ4v) is 2.30. The molecule has 2 rings (SSSR count). The zero-order valence-electron chi connectivity index (χ0n) is 10.4. The average Bonchev–Trinajstić information content (AvgIpc) is 2.24. The molecule has 2 fully saturated rings. The zero-order chi connectivity index (χ0) is 12.3. The van der Waals surface area contributed by atoms with Gasteiger partial charge in [-0.15, -0.1) is 0 Å². The largest absolute Gasteiger partial charge is 0.343 e. The molecular weight excluding hydrogens is 218 g/mol. The van der Waals surface area contributed by atoms with Gasteiger partial charge in [-0.05, 0) is 32.1 Å². The SMILES string of the molecule is CC(=O)N1CCC(NC(=O)NC2CCC2)CC1. The van der Waals surface area contributed by atoms with E-state index in [-0.39, 0.29) is 18.0 Å². The van der Waals surface area contributed by atoms with E-state index in [1.807, 2.05) is 4.90 Å². The lowest BCUT2D eigenvalue weighted by Crippen LogP contribution is -2.51. The van der Waals surface area contributed by atoms with Crippen LogP contribution in [0, 0.1) is 0 Å². The van der Waals surface area contributed by atoms with Gasteiger partial charge in [0.15, 0.2) is 0 Å². The topological polar surface area (TPSA) is 61.4 Å². The minimum Gasteiger partial charge on any atom is -0.343 e. The minimum atomic E-state index is -0.0454. The van der Waals surface area contributed by atoms with E-state index < -0.39 is 0 Å². The molecule has 1 saturated heterocycles. The van der Waals surface area contributed by atoms with E-state index in [2.05, 4.69) is 10.6 Å². The van der Waals surface area contributed by atoms with Crippen molar-refractivity contribution in [3.63, 3.8) is 0 Å². The summed E-state index contributed by atoms with van der Waals surface area (Å²) in [5.74, 6) is 0.127. The van der Waals surface area contributed by atoms with Crippen molar-refractivity contribution in [2.45, 2.75) is 51.1 Å². The maximum Gasteiger partial charge on any atom is 0.315 e. The van der Waals surface area contributed by atoms with Crippen LogP contribution < -0.4 is 10.6 Å². The molecule has 5 heteroatoms. The highest BCUT2D eigenvalue weighted by atomic mass is 16.2. The van der Waals surface area contributed by atoms with Gasteiger partial charge >= 0.3 is 6.03 Å². The normalized spacial score (nSPS) is 21.8. The second-order valence-corrected chi connectivity index (χ2v) is 5.03. The molecule has 0 aromatic heterocycles. The first-order chi connectivity index (χ1) is 8.15.